The Labute approximate surface area is 150 Å². The number of carbonyl (C=O) groups excluding carboxylic acids is 1. The molecule has 0 aromatic heterocycles. The maximum atomic E-state index is 14.1. The van der Waals surface area contributed by atoms with E-state index < -0.39 is 39.5 Å². The van der Waals surface area contributed by atoms with E-state index in [0.717, 1.165) is 23.8 Å². The van der Waals surface area contributed by atoms with E-state index in [1.807, 2.05) is 30.3 Å². The first kappa shape index (κ1) is 18.5. The van der Waals surface area contributed by atoms with Crippen LogP contribution in [0.2, 0.25) is 0 Å². The van der Waals surface area contributed by atoms with Gasteiger partial charge in [-0.15, -0.1) is 0 Å². The van der Waals surface area contributed by atoms with Gasteiger partial charge in [0.05, 0.1) is 22.6 Å². The average Bonchev–Trinajstić information content (AvgIpc) is 2.57. The van der Waals surface area contributed by atoms with Crippen molar-refractivity contribution in [3.05, 3.63) is 65.5 Å². The summed E-state index contributed by atoms with van der Waals surface area (Å²) in [5.74, 6) is -1.56. The number of carbonyl (C=O) groups is 1. The van der Waals surface area contributed by atoms with Gasteiger partial charge in [-0.25, -0.2) is 17.9 Å². The van der Waals surface area contributed by atoms with Gasteiger partial charge >= 0.3 is 0 Å². The maximum Gasteiger partial charge on any atom is 0.254 e. The van der Waals surface area contributed by atoms with E-state index >= 15 is 0 Å². The van der Waals surface area contributed by atoms with E-state index in [4.69, 9.17) is 5.14 Å². The molecule has 0 saturated heterocycles. The lowest BCUT2D eigenvalue weighted by Gasteiger charge is -2.38. The third-order valence-corrected chi connectivity index (χ3v) is 5.49. The van der Waals surface area contributed by atoms with Crippen molar-refractivity contribution in [3.8, 4) is 0 Å². The topological polar surface area (TPSA) is 109 Å². The molecule has 1 aliphatic rings. The highest BCUT2D eigenvalue weighted by atomic mass is 32.2. The molecule has 1 aliphatic carbocycles. The molecule has 6 nitrogen and oxygen atoms in total. The summed E-state index contributed by atoms with van der Waals surface area (Å²) >= 11 is 0. The monoisotopic (exact) mass is 378 g/mol. The molecule has 1 fully saturated rings. The first-order valence-corrected chi connectivity index (χ1v) is 9.66. The van der Waals surface area contributed by atoms with Crippen molar-refractivity contribution in [1.82, 2.24) is 5.32 Å². The fourth-order valence-corrected chi connectivity index (χ4v) is 3.65. The van der Waals surface area contributed by atoms with Gasteiger partial charge in [0, 0.05) is 0 Å². The second kappa shape index (κ2) is 7.14. The van der Waals surface area contributed by atoms with Gasteiger partial charge in [0.25, 0.3) is 5.91 Å². The van der Waals surface area contributed by atoms with Gasteiger partial charge in [-0.05, 0) is 42.5 Å². The minimum Gasteiger partial charge on any atom is -0.393 e. The molecule has 1 atom stereocenters. The van der Waals surface area contributed by atoms with E-state index in [1.165, 1.54) is 0 Å². The number of rotatable bonds is 5. The lowest BCUT2D eigenvalue weighted by atomic mass is 9.75. The molecule has 3 rings (SSSR count). The van der Waals surface area contributed by atoms with Gasteiger partial charge in [-0.1, -0.05) is 30.3 Å². The Morgan fingerprint density at radius 1 is 1.19 bits per heavy atom. The SMILES string of the molecule is NS(=O)(=O)c1ccc(F)c(C(=O)N[C@@H](c2ccccc2)C2CC(O)C2)c1. The van der Waals surface area contributed by atoms with Crippen molar-refractivity contribution >= 4 is 15.9 Å². The average molecular weight is 378 g/mol. The number of benzene rings is 2. The Kier molecular flexibility index (Phi) is 5.08. The normalized spacial score (nSPS) is 20.9. The standard InChI is InChI=1S/C18H19FN2O4S/c19-16-7-6-14(26(20,24)25)10-15(16)18(23)21-17(12-8-13(22)9-12)11-4-2-1-3-5-11/h1-7,10,12-13,17,22H,8-9H2,(H,21,23)(H2,20,24,25)/t12?,13?,17-/m0/s1. The number of halogens is 1. The van der Waals surface area contributed by atoms with Crippen LogP contribution in [0.5, 0.6) is 0 Å². The van der Waals surface area contributed by atoms with Crippen molar-refractivity contribution < 1.29 is 22.7 Å². The van der Waals surface area contributed by atoms with Crippen LogP contribution in [0.1, 0.15) is 34.8 Å². The molecule has 8 heteroatoms. The Bertz CT molecular complexity index is 912. The fraction of sp³-hybridized carbons (Fsp3) is 0.278. The zero-order valence-corrected chi connectivity index (χ0v) is 14.6. The first-order valence-electron chi connectivity index (χ1n) is 8.12. The molecule has 26 heavy (non-hydrogen) atoms. The zero-order valence-electron chi connectivity index (χ0n) is 13.8. The quantitative estimate of drug-likeness (QED) is 0.736. The van der Waals surface area contributed by atoms with Gasteiger partial charge in [0.2, 0.25) is 10.0 Å². The summed E-state index contributed by atoms with van der Waals surface area (Å²) in [6.45, 7) is 0. The summed E-state index contributed by atoms with van der Waals surface area (Å²) in [7, 11) is -4.05. The molecule has 0 bridgehead atoms. The predicted molar refractivity (Wildman–Crippen MR) is 93.2 cm³/mol. The molecule has 4 N–H and O–H groups in total. The van der Waals surface area contributed by atoms with Gasteiger partial charge in [-0.3, -0.25) is 4.79 Å². The number of nitrogens with two attached hydrogens (primary N) is 1. The lowest BCUT2D eigenvalue weighted by molar-refractivity contribution is 0.0235. The number of aliphatic hydroxyl groups is 1. The summed E-state index contributed by atoms with van der Waals surface area (Å²) in [5, 5.41) is 17.4. The van der Waals surface area contributed by atoms with Crippen LogP contribution in [0.25, 0.3) is 0 Å². The van der Waals surface area contributed by atoms with E-state index in [0.29, 0.717) is 12.8 Å². The van der Waals surface area contributed by atoms with Crippen LogP contribution in [0.4, 0.5) is 4.39 Å². The Hall–Kier alpha value is -2.29. The summed E-state index contributed by atoms with van der Waals surface area (Å²) in [5.41, 5.74) is 0.443. The van der Waals surface area contributed by atoms with Crippen molar-refractivity contribution in [1.29, 1.82) is 0 Å². The second-order valence-electron chi connectivity index (χ2n) is 6.43. The van der Waals surface area contributed by atoms with Crippen molar-refractivity contribution in [2.75, 3.05) is 0 Å². The summed E-state index contributed by atoms with van der Waals surface area (Å²) < 4.78 is 37.0. The molecule has 0 radical (unpaired) electrons. The summed E-state index contributed by atoms with van der Waals surface area (Å²) in [4.78, 5) is 12.3. The Balaban J connectivity index is 1.89. The third-order valence-electron chi connectivity index (χ3n) is 4.58. The van der Waals surface area contributed by atoms with Crippen LogP contribution in [0.15, 0.2) is 53.4 Å². The van der Waals surface area contributed by atoms with Crippen LogP contribution < -0.4 is 10.5 Å². The highest BCUT2D eigenvalue weighted by Crippen LogP contribution is 2.38. The Morgan fingerprint density at radius 2 is 1.85 bits per heavy atom. The second-order valence-corrected chi connectivity index (χ2v) is 8.00. The number of aliphatic hydroxyl groups excluding tert-OH is 1. The number of nitrogens with one attached hydrogen (secondary N) is 1. The van der Waals surface area contributed by atoms with Crippen LogP contribution >= 0.6 is 0 Å². The van der Waals surface area contributed by atoms with Crippen molar-refractivity contribution in [2.45, 2.75) is 29.9 Å². The fourth-order valence-electron chi connectivity index (χ4n) is 3.11. The van der Waals surface area contributed by atoms with Gasteiger partial charge < -0.3 is 10.4 Å². The maximum absolute atomic E-state index is 14.1. The van der Waals surface area contributed by atoms with E-state index in [1.54, 1.807) is 0 Å². The third kappa shape index (κ3) is 3.92. The smallest absolute Gasteiger partial charge is 0.254 e. The largest absolute Gasteiger partial charge is 0.393 e. The number of hydrogen-bond donors (Lipinski definition) is 3. The molecular formula is C18H19FN2O4S. The molecule has 0 unspecified atom stereocenters. The minimum absolute atomic E-state index is 0.0147. The number of hydrogen-bond acceptors (Lipinski definition) is 4. The number of amides is 1. The molecule has 2 aromatic carbocycles. The summed E-state index contributed by atoms with van der Waals surface area (Å²) in [6, 6.07) is 11.6. The van der Waals surface area contributed by atoms with E-state index in [2.05, 4.69) is 5.32 Å². The van der Waals surface area contributed by atoms with E-state index in [9.17, 15) is 22.7 Å². The molecule has 138 valence electrons. The molecule has 1 saturated carbocycles. The van der Waals surface area contributed by atoms with Crippen LogP contribution in [-0.2, 0) is 10.0 Å². The van der Waals surface area contributed by atoms with Gasteiger partial charge in [0.1, 0.15) is 5.82 Å². The number of primary sulfonamides is 1. The van der Waals surface area contributed by atoms with Crippen molar-refractivity contribution in [3.63, 3.8) is 0 Å². The first-order chi connectivity index (χ1) is 12.3. The zero-order chi connectivity index (χ0) is 18.9. The molecule has 1 amide bonds. The molecule has 0 spiro atoms. The predicted octanol–water partition coefficient (Wildman–Crippen LogP) is 1.72. The van der Waals surface area contributed by atoms with E-state index in [-0.39, 0.29) is 10.8 Å². The van der Waals surface area contributed by atoms with Crippen LogP contribution in [-0.4, -0.2) is 25.5 Å². The van der Waals surface area contributed by atoms with Gasteiger partial charge in [-0.2, -0.15) is 0 Å². The van der Waals surface area contributed by atoms with Crippen molar-refractivity contribution in [2.24, 2.45) is 11.1 Å². The lowest BCUT2D eigenvalue weighted by Crippen LogP contribution is -2.41. The van der Waals surface area contributed by atoms with Crippen LogP contribution in [0, 0.1) is 11.7 Å². The highest BCUT2D eigenvalue weighted by Gasteiger charge is 2.36. The molecular weight excluding hydrogens is 359 g/mol. The minimum atomic E-state index is -4.05. The summed E-state index contributed by atoms with van der Waals surface area (Å²) in [6.07, 6.45) is 0.643. The van der Waals surface area contributed by atoms with Gasteiger partial charge in [0.15, 0.2) is 0 Å². The number of sulfonamides is 1. The highest BCUT2D eigenvalue weighted by molar-refractivity contribution is 7.89. The Morgan fingerprint density at radius 3 is 2.42 bits per heavy atom. The molecule has 2 aromatic rings. The molecule has 0 aliphatic heterocycles. The molecule has 0 heterocycles. The van der Waals surface area contributed by atoms with Crippen LogP contribution in [0.3, 0.4) is 0 Å².